The number of carboxylic acid groups (broad SMARTS) is 1. The van der Waals surface area contributed by atoms with Crippen molar-refractivity contribution in [2.45, 2.75) is 82.1 Å². The van der Waals surface area contributed by atoms with Gasteiger partial charge in [-0.15, -0.1) is 48.0 Å². The summed E-state index contributed by atoms with van der Waals surface area (Å²) in [6.45, 7) is 55.2. The van der Waals surface area contributed by atoms with Crippen molar-refractivity contribution in [3.05, 3.63) is 108 Å². The molecule has 3 aliphatic heterocycles. The van der Waals surface area contributed by atoms with Crippen molar-refractivity contribution in [2.24, 2.45) is 5.73 Å². The number of hydrogen-bond acceptors (Lipinski definition) is 24. The van der Waals surface area contributed by atoms with E-state index in [1.165, 1.54) is 58.9 Å². The van der Waals surface area contributed by atoms with Crippen LogP contribution < -0.4 is 27.0 Å². The zero-order chi connectivity index (χ0) is 81.4. The lowest BCUT2D eigenvalue weighted by Gasteiger charge is -2.33. The van der Waals surface area contributed by atoms with Crippen molar-refractivity contribution in [1.29, 1.82) is 0 Å². The summed E-state index contributed by atoms with van der Waals surface area (Å²) in [6.07, 6.45) is 0. The Bertz CT molecular complexity index is 2810. The second kappa shape index (κ2) is 72.0. The predicted molar refractivity (Wildman–Crippen MR) is 456 cm³/mol. The summed E-state index contributed by atoms with van der Waals surface area (Å²) in [5, 5.41) is 19.3. The predicted octanol–water partition coefficient (Wildman–Crippen LogP) is 4.76. The number of benzene rings is 3. The van der Waals surface area contributed by atoms with Crippen LogP contribution in [0.1, 0.15) is 79.0 Å². The van der Waals surface area contributed by atoms with Gasteiger partial charge in [0.25, 0.3) is 0 Å². The topological polar surface area (TPSA) is 294 Å². The Balaban J connectivity index is 0. The van der Waals surface area contributed by atoms with E-state index in [2.05, 4.69) is 137 Å². The van der Waals surface area contributed by atoms with Crippen LogP contribution in [0.15, 0.2) is 91.0 Å². The maximum atomic E-state index is 12.6. The summed E-state index contributed by atoms with van der Waals surface area (Å²) in [6, 6.07) is 28.3. The highest BCUT2D eigenvalue weighted by atomic mass is 35.5. The minimum Gasteiger partial charge on any atom is -0.480 e. The van der Waals surface area contributed by atoms with E-state index in [-0.39, 0.29) is 100 Å². The first kappa shape index (κ1) is 109. The molecular formula is C79H139Cl5N16O12. The molecule has 112 heavy (non-hydrogen) atoms. The van der Waals surface area contributed by atoms with Crippen LogP contribution in [-0.2, 0) is 72.4 Å². The minimum absolute atomic E-state index is 0. The van der Waals surface area contributed by atoms with Gasteiger partial charge in [-0.3, -0.25) is 48.2 Å². The number of carboxylic acids is 1. The number of carbonyl (C=O) groups excluding carboxylic acids is 7. The number of carbonyl (C=O) groups is 8. The first-order chi connectivity index (χ1) is 53.1. The molecule has 3 saturated heterocycles. The molecule has 0 unspecified atom stereocenters. The molecule has 6 rings (SSSR count). The van der Waals surface area contributed by atoms with Gasteiger partial charge in [-0.2, -0.15) is 0 Å². The van der Waals surface area contributed by atoms with Crippen molar-refractivity contribution >= 4 is 106 Å². The van der Waals surface area contributed by atoms with Crippen LogP contribution in [0.4, 0.5) is 0 Å². The average Bonchev–Trinajstić information content (AvgIpc) is 0.918. The Kier molecular flexibility index (Phi) is 69.9. The molecule has 0 bridgehead atoms. The molecule has 3 fully saturated rings. The maximum absolute atomic E-state index is 12.6. The lowest BCUT2D eigenvalue weighted by molar-refractivity contribution is -0.145. The summed E-state index contributed by atoms with van der Waals surface area (Å²) in [5.41, 5.74) is 7.87. The van der Waals surface area contributed by atoms with E-state index in [9.17, 15) is 38.4 Å². The van der Waals surface area contributed by atoms with Crippen LogP contribution in [0.3, 0.4) is 0 Å². The molecule has 3 amide bonds. The number of alkyl halides is 2. The van der Waals surface area contributed by atoms with Crippen molar-refractivity contribution in [2.75, 3.05) is 267 Å². The molecule has 7 N–H and O–H groups in total. The van der Waals surface area contributed by atoms with Gasteiger partial charge in [0.15, 0.2) is 0 Å². The van der Waals surface area contributed by atoms with E-state index in [0.717, 1.165) is 174 Å². The van der Waals surface area contributed by atoms with Gasteiger partial charge in [0.2, 0.25) is 23.0 Å². The Hall–Kier alpha value is -5.45. The molecule has 33 heteroatoms. The van der Waals surface area contributed by atoms with E-state index >= 15 is 0 Å². The molecule has 3 aromatic carbocycles. The molecule has 28 nitrogen and oxygen atoms in total. The molecule has 3 heterocycles. The number of esters is 3. The standard InChI is InChI=1S/C25H43N5O3.C18H37N5O3.C14H32N4.C11H12ClNO3.C9H11NO2.C2H2Cl2O.2ClH/c1-4-27-12-14-28(5-2)16-18-30(19-17-29(6-3)15-13-27)21-24(31)26-20-25(32)33-22-23-10-8-7-9-11-23;1-4-20-7-9-21(5-2)11-13-23(14-12-22(6-3)10-8-20)16-17(24)19-15-18(25)26;1-4-16-9-7-15-8-10-17(5-2)12-14-18(6-3)13-11-16;12-6-10(14)13-7-11(15)16-8-9-4-2-1-3-5-9;10-6-9(11)12-7-8-4-2-1-3-5-8;3-1-2(4)5;;/h7-11H,4-6,12-22H2,1-3H3,(H,26,31);4-16H2,1-3H3,(H,19,24)(H,25,26);15H,4-14H2,1-3H3;1-5H,6-8H2,(H,13,14);1-5H,6-7,10H2;1H2;2*1H. The first-order valence-corrected chi connectivity index (χ1v) is 40.9. The number of rotatable bonds is 28. The number of halogens is 5. The quantitative estimate of drug-likeness (QED) is 0.0247. The maximum Gasteiger partial charge on any atom is 0.325 e. The molecular weight excluding hydrogens is 1540 g/mol. The van der Waals surface area contributed by atoms with E-state index in [1.807, 2.05) is 91.0 Å². The molecule has 0 aliphatic carbocycles. The van der Waals surface area contributed by atoms with Crippen molar-refractivity contribution in [3.8, 4) is 0 Å². The molecule has 3 aromatic rings. The number of nitrogens with one attached hydrogen (secondary N) is 4. The third-order valence-corrected chi connectivity index (χ3v) is 19.5. The fraction of sp³-hybridized carbons (Fsp3) is 0.671. The Labute approximate surface area is 697 Å². The third kappa shape index (κ3) is 58.4. The van der Waals surface area contributed by atoms with Crippen LogP contribution in [0.5, 0.6) is 0 Å². The van der Waals surface area contributed by atoms with E-state index in [1.54, 1.807) is 0 Å². The molecule has 0 radical (unpaired) electrons. The van der Waals surface area contributed by atoms with Gasteiger partial charge in [0.05, 0.1) is 25.5 Å². The van der Waals surface area contributed by atoms with Crippen molar-refractivity contribution in [3.63, 3.8) is 0 Å². The fourth-order valence-electron chi connectivity index (χ4n) is 11.3. The average molecular weight is 1680 g/mol. The van der Waals surface area contributed by atoms with Crippen LogP contribution in [0, 0.1) is 0 Å². The van der Waals surface area contributed by atoms with Crippen molar-refractivity contribution in [1.82, 2.24) is 75.2 Å². The van der Waals surface area contributed by atoms with Gasteiger partial charge in [0.1, 0.15) is 45.3 Å². The SMILES string of the molecule is CCN1CCN(CC)CCN(CC(=O)NCC(=O)O)CCN(CC)CC1.CCN1CCN(CC)CCN(CC(=O)NCC(=O)OCc2ccccc2)CCN(CC)CC1.CCN1CCNCCN(CC)CCN(CC)CC1.Cl.Cl.NCC(=O)OCc1ccccc1.O=C(CCl)NCC(=O)OCc1ccccc1.O=C(Cl)CCl. The highest BCUT2D eigenvalue weighted by Crippen LogP contribution is 2.07. The van der Waals surface area contributed by atoms with Gasteiger partial charge in [-0.05, 0) is 87.2 Å². The van der Waals surface area contributed by atoms with Crippen LogP contribution >= 0.6 is 59.6 Å². The Morgan fingerprint density at radius 3 is 0.804 bits per heavy atom. The minimum atomic E-state index is -1.01. The molecule has 642 valence electrons. The number of nitrogens with two attached hydrogens (primary N) is 1. The van der Waals surface area contributed by atoms with Gasteiger partial charge in [0, 0.05) is 157 Å². The fourth-order valence-corrected chi connectivity index (χ4v) is 11.4. The molecule has 0 saturated carbocycles. The number of nitrogens with zero attached hydrogens (tertiary/aromatic N) is 11. The monoisotopic (exact) mass is 1680 g/mol. The smallest absolute Gasteiger partial charge is 0.325 e. The van der Waals surface area contributed by atoms with Crippen molar-refractivity contribution < 1.29 is 57.7 Å². The second-order valence-electron chi connectivity index (χ2n) is 26.2. The number of likely N-dealkylation sites (N-methyl/N-ethyl adjacent to an activating group) is 9. The number of ether oxygens (including phenoxy) is 3. The zero-order valence-electron chi connectivity index (χ0n) is 68.7. The van der Waals surface area contributed by atoms with Gasteiger partial charge in [-0.25, -0.2) is 0 Å². The normalized spacial score (nSPS) is 16.6. The zero-order valence-corrected chi connectivity index (χ0v) is 72.6. The third-order valence-electron chi connectivity index (χ3n) is 18.7. The lowest BCUT2D eigenvalue weighted by atomic mass is 10.2. The number of amides is 3. The van der Waals surface area contributed by atoms with Gasteiger partial charge in [-0.1, -0.05) is 153 Å². The molecule has 0 atom stereocenters. The Morgan fingerprint density at radius 1 is 0.357 bits per heavy atom. The molecule has 0 spiro atoms. The van der Waals surface area contributed by atoms with E-state index in [0.29, 0.717) is 13.2 Å². The summed E-state index contributed by atoms with van der Waals surface area (Å²) >= 11 is 14.8. The Morgan fingerprint density at radius 2 is 0.580 bits per heavy atom. The summed E-state index contributed by atoms with van der Waals surface area (Å²) in [7, 11) is 0. The molecule has 3 aliphatic rings. The first-order valence-electron chi connectivity index (χ1n) is 39.4. The largest absolute Gasteiger partial charge is 0.480 e. The summed E-state index contributed by atoms with van der Waals surface area (Å²) in [4.78, 5) is 116. The van der Waals surface area contributed by atoms with Crippen LogP contribution in [0.2, 0.25) is 0 Å². The van der Waals surface area contributed by atoms with Gasteiger partial charge < -0.3 is 90.4 Å². The summed E-state index contributed by atoms with van der Waals surface area (Å²) < 4.78 is 15.0. The second-order valence-corrected chi connectivity index (χ2v) is 27.2. The van der Waals surface area contributed by atoms with Crippen LogP contribution in [0.25, 0.3) is 0 Å². The van der Waals surface area contributed by atoms with Crippen LogP contribution in [-0.4, -0.2) is 373 Å². The number of hydrogen-bond donors (Lipinski definition) is 6. The van der Waals surface area contributed by atoms with E-state index in [4.69, 9.17) is 59.9 Å². The van der Waals surface area contributed by atoms with E-state index < -0.39 is 29.1 Å². The lowest BCUT2D eigenvalue weighted by Crippen LogP contribution is -2.48. The number of aliphatic carboxylic acids is 1. The molecule has 0 aromatic heterocycles. The highest BCUT2D eigenvalue weighted by Gasteiger charge is 2.21. The highest BCUT2D eigenvalue weighted by molar-refractivity contribution is 6.67. The summed E-state index contributed by atoms with van der Waals surface area (Å²) in [5.74, 6) is -3.30. The van der Waals surface area contributed by atoms with Gasteiger partial charge >= 0.3 is 23.9 Å².